The van der Waals surface area contributed by atoms with Gasteiger partial charge in [-0.1, -0.05) is 84.6 Å². The van der Waals surface area contributed by atoms with E-state index in [0.717, 1.165) is 27.7 Å². The van der Waals surface area contributed by atoms with E-state index in [9.17, 15) is 4.79 Å². The third kappa shape index (κ3) is 3.83. The lowest BCUT2D eigenvalue weighted by Gasteiger charge is -2.29. The summed E-state index contributed by atoms with van der Waals surface area (Å²) in [6.45, 7) is 2.30. The largest absolute Gasteiger partial charge is 0.366 e. The first-order valence-corrected chi connectivity index (χ1v) is 11.6. The summed E-state index contributed by atoms with van der Waals surface area (Å²) >= 11 is 3.60. The zero-order valence-corrected chi connectivity index (χ0v) is 18.4. The number of aromatic nitrogens is 1. The van der Waals surface area contributed by atoms with E-state index < -0.39 is 0 Å². The van der Waals surface area contributed by atoms with Crippen molar-refractivity contribution in [2.75, 3.05) is 0 Å². The highest BCUT2D eigenvalue weighted by molar-refractivity contribution is 9.08. The van der Waals surface area contributed by atoms with Gasteiger partial charge in [-0.15, -0.1) is 0 Å². The fraction of sp³-hybridized carbons (Fsp3) is 0.360. The van der Waals surface area contributed by atoms with Gasteiger partial charge in [-0.25, -0.2) is 4.98 Å². The number of nitrogens with zero attached hydrogens (tertiary/aromatic N) is 1. The smallest absolute Gasteiger partial charge is 0.249 e. The number of rotatable bonds is 5. The van der Waals surface area contributed by atoms with Gasteiger partial charge < -0.3 is 5.73 Å². The van der Waals surface area contributed by atoms with Crippen LogP contribution in [-0.4, -0.2) is 10.9 Å². The first kappa shape index (κ1) is 20.1. The molecule has 29 heavy (non-hydrogen) atoms. The van der Waals surface area contributed by atoms with E-state index in [1.807, 2.05) is 36.4 Å². The second-order valence-electron chi connectivity index (χ2n) is 8.11. The molecule has 1 atom stereocenters. The summed E-state index contributed by atoms with van der Waals surface area (Å²) in [5.74, 6) is 0.647. The minimum absolute atomic E-state index is 0.379. The maximum Gasteiger partial charge on any atom is 0.249 e. The van der Waals surface area contributed by atoms with Crippen molar-refractivity contribution in [2.24, 2.45) is 11.7 Å². The van der Waals surface area contributed by atoms with Crippen molar-refractivity contribution < 1.29 is 4.79 Å². The predicted octanol–water partition coefficient (Wildman–Crippen LogP) is 6.58. The van der Waals surface area contributed by atoms with Gasteiger partial charge in [0.25, 0.3) is 0 Å². The van der Waals surface area contributed by atoms with Crippen LogP contribution >= 0.6 is 15.9 Å². The number of carbonyl (C=O) groups is 1. The van der Waals surface area contributed by atoms with E-state index in [0.29, 0.717) is 22.7 Å². The standard InChI is InChI=1S/C25H27BrN2O/c1-16(17-9-4-2-5-10-17)19-13-8-14-21-22(19)23(25(27)29)20(15-26)24(28-21)18-11-6-3-7-12-18/h3,6-8,11-14,16-17H,2,4-5,9-10,15H2,1H3,(H2,27,29)/t16-/m0/s1. The Morgan fingerprint density at radius 3 is 2.48 bits per heavy atom. The van der Waals surface area contributed by atoms with E-state index >= 15 is 0 Å². The highest BCUT2D eigenvalue weighted by Gasteiger charge is 2.27. The number of nitrogens with two attached hydrogens (primary N) is 1. The monoisotopic (exact) mass is 450 g/mol. The number of fused-ring (bicyclic) bond motifs is 1. The van der Waals surface area contributed by atoms with Crippen LogP contribution in [0.4, 0.5) is 0 Å². The van der Waals surface area contributed by atoms with E-state index in [-0.39, 0.29) is 5.91 Å². The molecule has 1 aromatic heterocycles. The van der Waals surface area contributed by atoms with Crippen molar-refractivity contribution in [3.63, 3.8) is 0 Å². The highest BCUT2D eigenvalue weighted by atomic mass is 79.9. The molecule has 2 N–H and O–H groups in total. The molecule has 3 aromatic rings. The SMILES string of the molecule is C[C@H](c1cccc2nc(-c3ccccc3)c(CBr)c(C(N)=O)c12)C1CCCCC1. The van der Waals surface area contributed by atoms with Gasteiger partial charge in [-0.3, -0.25) is 4.79 Å². The normalized spacial score (nSPS) is 16.1. The second-order valence-corrected chi connectivity index (χ2v) is 8.67. The summed E-state index contributed by atoms with van der Waals surface area (Å²) in [6, 6.07) is 16.3. The number of pyridine rings is 1. The number of hydrogen-bond donors (Lipinski definition) is 1. The summed E-state index contributed by atoms with van der Waals surface area (Å²) in [6.07, 6.45) is 6.44. The summed E-state index contributed by atoms with van der Waals surface area (Å²) in [5, 5.41) is 1.47. The van der Waals surface area contributed by atoms with Crippen molar-refractivity contribution >= 4 is 32.7 Å². The minimum Gasteiger partial charge on any atom is -0.366 e. The minimum atomic E-state index is -0.382. The summed E-state index contributed by atoms with van der Waals surface area (Å²) in [4.78, 5) is 17.7. The third-order valence-corrected chi connectivity index (χ3v) is 6.98. The molecule has 1 saturated carbocycles. The quantitative estimate of drug-likeness (QED) is 0.446. The fourth-order valence-electron chi connectivity index (χ4n) is 4.88. The van der Waals surface area contributed by atoms with E-state index in [2.05, 4.69) is 35.0 Å². The van der Waals surface area contributed by atoms with E-state index in [1.54, 1.807) is 0 Å². The van der Waals surface area contributed by atoms with Crippen LogP contribution in [-0.2, 0) is 5.33 Å². The van der Waals surface area contributed by atoms with Crippen LogP contribution < -0.4 is 5.73 Å². The molecular formula is C25H27BrN2O. The number of halogens is 1. The molecule has 1 aliphatic rings. The zero-order valence-electron chi connectivity index (χ0n) is 16.8. The molecule has 4 heteroatoms. The molecule has 4 rings (SSSR count). The maximum absolute atomic E-state index is 12.7. The summed E-state index contributed by atoms with van der Waals surface area (Å²) < 4.78 is 0. The van der Waals surface area contributed by atoms with Crippen molar-refractivity contribution in [1.29, 1.82) is 0 Å². The number of primary amides is 1. The molecule has 0 spiro atoms. The number of hydrogen-bond acceptors (Lipinski definition) is 2. The Hall–Kier alpha value is -2.20. The topological polar surface area (TPSA) is 56.0 Å². The molecule has 0 saturated heterocycles. The van der Waals surface area contributed by atoms with Crippen LogP contribution in [0.2, 0.25) is 0 Å². The van der Waals surface area contributed by atoms with Crippen LogP contribution in [0.5, 0.6) is 0 Å². The predicted molar refractivity (Wildman–Crippen MR) is 123 cm³/mol. The van der Waals surface area contributed by atoms with Crippen LogP contribution in [0, 0.1) is 5.92 Å². The van der Waals surface area contributed by atoms with Crippen molar-refractivity contribution in [3.05, 3.63) is 65.2 Å². The molecule has 0 bridgehead atoms. The van der Waals surface area contributed by atoms with Crippen molar-refractivity contribution in [3.8, 4) is 11.3 Å². The van der Waals surface area contributed by atoms with Crippen LogP contribution in [0.3, 0.4) is 0 Å². The van der Waals surface area contributed by atoms with Gasteiger partial charge in [-0.2, -0.15) is 0 Å². The third-order valence-electron chi connectivity index (χ3n) is 6.42. The summed E-state index contributed by atoms with van der Waals surface area (Å²) in [7, 11) is 0. The molecule has 0 radical (unpaired) electrons. The summed E-state index contributed by atoms with van der Waals surface area (Å²) in [5.41, 5.74) is 11.3. The average molecular weight is 451 g/mol. The molecule has 1 amide bonds. The first-order valence-electron chi connectivity index (χ1n) is 10.5. The number of carbonyl (C=O) groups excluding carboxylic acids is 1. The van der Waals surface area contributed by atoms with Gasteiger partial charge in [0.15, 0.2) is 0 Å². The molecule has 150 valence electrons. The van der Waals surface area contributed by atoms with E-state index in [1.165, 1.54) is 37.7 Å². The van der Waals surface area contributed by atoms with Gasteiger partial charge in [-0.05, 0) is 36.3 Å². The molecule has 1 aliphatic carbocycles. The van der Waals surface area contributed by atoms with Gasteiger partial charge in [0, 0.05) is 21.8 Å². The number of alkyl halides is 1. The lowest BCUT2D eigenvalue weighted by Crippen LogP contribution is -2.19. The number of amides is 1. The highest BCUT2D eigenvalue weighted by Crippen LogP contribution is 2.41. The maximum atomic E-state index is 12.7. The van der Waals surface area contributed by atoms with Crippen molar-refractivity contribution in [2.45, 2.75) is 50.3 Å². The second kappa shape index (κ2) is 8.66. The van der Waals surface area contributed by atoms with Crippen LogP contribution in [0.15, 0.2) is 48.5 Å². The Labute approximate surface area is 180 Å². The zero-order chi connectivity index (χ0) is 20.4. The van der Waals surface area contributed by atoms with Crippen LogP contribution in [0.1, 0.15) is 66.4 Å². The van der Waals surface area contributed by atoms with Gasteiger partial charge in [0.2, 0.25) is 5.91 Å². The van der Waals surface area contributed by atoms with Gasteiger partial charge >= 0.3 is 0 Å². The molecule has 3 nitrogen and oxygen atoms in total. The molecule has 1 heterocycles. The van der Waals surface area contributed by atoms with E-state index in [4.69, 9.17) is 10.7 Å². The molecule has 0 aliphatic heterocycles. The Kier molecular flexibility index (Phi) is 6.00. The lowest BCUT2D eigenvalue weighted by molar-refractivity contribution is 0.100. The Balaban J connectivity index is 1.97. The molecule has 0 unspecified atom stereocenters. The Bertz CT molecular complexity index is 1030. The Morgan fingerprint density at radius 2 is 1.83 bits per heavy atom. The van der Waals surface area contributed by atoms with Crippen LogP contribution in [0.25, 0.3) is 22.2 Å². The van der Waals surface area contributed by atoms with Gasteiger partial charge in [0.05, 0.1) is 16.8 Å². The molecule has 1 fully saturated rings. The average Bonchev–Trinajstić information content (AvgIpc) is 2.77. The Morgan fingerprint density at radius 1 is 1.10 bits per heavy atom. The molecule has 2 aromatic carbocycles. The lowest BCUT2D eigenvalue weighted by atomic mass is 9.76. The first-order chi connectivity index (χ1) is 14.1. The number of benzene rings is 2. The molecular weight excluding hydrogens is 424 g/mol. The fourth-order valence-corrected chi connectivity index (χ4v) is 5.43. The van der Waals surface area contributed by atoms with Crippen molar-refractivity contribution in [1.82, 2.24) is 4.98 Å². The van der Waals surface area contributed by atoms with Gasteiger partial charge in [0.1, 0.15) is 0 Å².